The van der Waals surface area contributed by atoms with Crippen molar-refractivity contribution in [2.75, 3.05) is 47.6 Å². The molecule has 2 fully saturated rings. The Labute approximate surface area is 207 Å². The van der Waals surface area contributed by atoms with E-state index in [-0.39, 0.29) is 49.0 Å². The Morgan fingerprint density at radius 3 is 2.34 bits per heavy atom. The maximum absolute atomic E-state index is 13.5. The third-order valence-electron chi connectivity index (χ3n) is 6.86. The summed E-state index contributed by atoms with van der Waals surface area (Å²) < 4.78 is 15.5. The van der Waals surface area contributed by atoms with Crippen LogP contribution in [0, 0.1) is 0 Å². The molecule has 10 heteroatoms. The number of hydrogen-bond donors (Lipinski definition) is 2. The minimum atomic E-state index is -0.674. The van der Waals surface area contributed by atoms with Crippen LogP contribution in [-0.2, 0) is 19.1 Å². The van der Waals surface area contributed by atoms with Crippen molar-refractivity contribution in [2.24, 2.45) is 5.73 Å². The van der Waals surface area contributed by atoms with Gasteiger partial charge in [0.1, 0.15) is 18.4 Å². The van der Waals surface area contributed by atoms with Crippen molar-refractivity contribution < 1.29 is 28.6 Å². The second-order valence-electron chi connectivity index (χ2n) is 9.22. The summed E-state index contributed by atoms with van der Waals surface area (Å²) in [5.74, 6) is 0.00388. The smallest absolute Gasteiger partial charge is 0.254 e. The van der Waals surface area contributed by atoms with Crippen LogP contribution in [0.25, 0.3) is 0 Å². The summed E-state index contributed by atoms with van der Waals surface area (Å²) in [6, 6.07) is 6.10. The van der Waals surface area contributed by atoms with Crippen LogP contribution in [0.5, 0.6) is 5.75 Å². The van der Waals surface area contributed by atoms with Crippen molar-refractivity contribution in [1.29, 1.82) is 0 Å². The maximum Gasteiger partial charge on any atom is 0.254 e. The number of carbonyl (C=O) groups excluding carboxylic acids is 3. The Bertz CT molecular complexity index is 856. The summed E-state index contributed by atoms with van der Waals surface area (Å²) in [7, 11) is 4.59. The van der Waals surface area contributed by atoms with Crippen LogP contribution in [-0.4, -0.2) is 99.3 Å². The molecule has 0 bridgehead atoms. The van der Waals surface area contributed by atoms with Gasteiger partial charge in [-0.2, -0.15) is 0 Å². The number of nitrogens with zero attached hydrogens (tertiary/aromatic N) is 2. The molecule has 1 aromatic rings. The van der Waals surface area contributed by atoms with E-state index in [0.717, 1.165) is 25.7 Å². The molecule has 2 atom stereocenters. The van der Waals surface area contributed by atoms with E-state index in [1.165, 1.54) is 7.11 Å². The number of benzene rings is 1. The Balaban J connectivity index is 1.78. The summed E-state index contributed by atoms with van der Waals surface area (Å²) in [6.07, 6.45) is 3.73. The number of methoxy groups -OCH3 is 3. The number of hydrogen-bond acceptors (Lipinski definition) is 7. The molecule has 1 heterocycles. The lowest BCUT2D eigenvalue weighted by Crippen LogP contribution is -2.50. The Morgan fingerprint density at radius 2 is 1.74 bits per heavy atom. The van der Waals surface area contributed by atoms with E-state index >= 15 is 0 Å². The molecule has 2 aliphatic rings. The van der Waals surface area contributed by atoms with Crippen molar-refractivity contribution in [3.8, 4) is 5.75 Å². The number of amides is 3. The van der Waals surface area contributed by atoms with Crippen molar-refractivity contribution in [3.05, 3.63) is 29.8 Å². The molecule has 0 radical (unpaired) electrons. The van der Waals surface area contributed by atoms with Gasteiger partial charge in [0, 0.05) is 45.0 Å². The SMILES string of the molecule is COCCN(C(=O)c1ccc(OC)cc1)C1CC(C(=O)NC2CCC(N)CC2)N(C(=O)COC)C1. The van der Waals surface area contributed by atoms with Crippen molar-refractivity contribution in [3.63, 3.8) is 0 Å². The highest BCUT2D eigenvalue weighted by atomic mass is 16.5. The molecule has 3 rings (SSSR count). The Morgan fingerprint density at radius 1 is 1.06 bits per heavy atom. The Kier molecular flexibility index (Phi) is 9.88. The van der Waals surface area contributed by atoms with Crippen molar-refractivity contribution in [2.45, 2.75) is 56.3 Å². The first-order valence-corrected chi connectivity index (χ1v) is 12.2. The van der Waals surface area contributed by atoms with Gasteiger partial charge >= 0.3 is 0 Å². The van der Waals surface area contributed by atoms with Gasteiger partial charge in [-0.05, 0) is 56.4 Å². The molecule has 0 aromatic heterocycles. The lowest BCUT2D eigenvalue weighted by atomic mass is 9.91. The van der Waals surface area contributed by atoms with Gasteiger partial charge in [0.25, 0.3) is 5.91 Å². The molecular formula is C25H38N4O6. The fraction of sp³-hybridized carbons (Fsp3) is 0.640. The zero-order valence-corrected chi connectivity index (χ0v) is 20.9. The summed E-state index contributed by atoms with van der Waals surface area (Å²) >= 11 is 0. The van der Waals surface area contributed by atoms with Crippen LogP contribution in [0.1, 0.15) is 42.5 Å². The first-order chi connectivity index (χ1) is 16.9. The molecule has 1 aliphatic heterocycles. The van der Waals surface area contributed by atoms with Gasteiger partial charge in [-0.3, -0.25) is 14.4 Å². The maximum atomic E-state index is 13.5. The second kappa shape index (κ2) is 12.9. The first kappa shape index (κ1) is 26.9. The fourth-order valence-electron chi connectivity index (χ4n) is 4.87. The summed E-state index contributed by atoms with van der Waals surface area (Å²) in [5.41, 5.74) is 6.50. The van der Waals surface area contributed by atoms with Crippen LogP contribution in [0.3, 0.4) is 0 Å². The topological polar surface area (TPSA) is 123 Å². The molecular weight excluding hydrogens is 452 g/mol. The zero-order valence-electron chi connectivity index (χ0n) is 20.9. The Hall–Kier alpha value is -2.69. The van der Waals surface area contributed by atoms with E-state index in [1.807, 2.05) is 0 Å². The van der Waals surface area contributed by atoms with E-state index in [0.29, 0.717) is 30.9 Å². The van der Waals surface area contributed by atoms with E-state index in [4.69, 9.17) is 19.9 Å². The molecule has 1 aromatic carbocycles. The number of nitrogens with two attached hydrogens (primary N) is 1. The highest BCUT2D eigenvalue weighted by molar-refractivity contribution is 5.95. The predicted octanol–water partition coefficient (Wildman–Crippen LogP) is 0.786. The van der Waals surface area contributed by atoms with Crippen LogP contribution >= 0.6 is 0 Å². The number of carbonyl (C=O) groups is 3. The minimum Gasteiger partial charge on any atom is -0.497 e. The highest BCUT2D eigenvalue weighted by Crippen LogP contribution is 2.26. The number of nitrogens with one attached hydrogen (secondary N) is 1. The van der Waals surface area contributed by atoms with E-state index in [1.54, 1.807) is 48.3 Å². The van der Waals surface area contributed by atoms with Crippen LogP contribution < -0.4 is 15.8 Å². The van der Waals surface area contributed by atoms with Crippen molar-refractivity contribution in [1.82, 2.24) is 15.1 Å². The monoisotopic (exact) mass is 490 g/mol. The van der Waals surface area contributed by atoms with E-state index in [9.17, 15) is 14.4 Å². The largest absolute Gasteiger partial charge is 0.497 e. The van der Waals surface area contributed by atoms with E-state index < -0.39 is 6.04 Å². The quantitative estimate of drug-likeness (QED) is 0.497. The van der Waals surface area contributed by atoms with Gasteiger partial charge in [-0.15, -0.1) is 0 Å². The average Bonchev–Trinajstić information content (AvgIpc) is 3.31. The second-order valence-corrected chi connectivity index (χ2v) is 9.22. The van der Waals surface area contributed by atoms with Gasteiger partial charge in [0.05, 0.1) is 19.8 Å². The zero-order chi connectivity index (χ0) is 25.4. The first-order valence-electron chi connectivity index (χ1n) is 12.2. The normalized spacial score (nSPS) is 24.2. The lowest BCUT2D eigenvalue weighted by molar-refractivity contribution is -0.141. The lowest BCUT2D eigenvalue weighted by Gasteiger charge is -2.30. The minimum absolute atomic E-state index is 0.0475. The molecule has 194 valence electrons. The molecule has 1 aliphatic carbocycles. The standard InChI is InChI=1S/C25H38N4O6/c1-33-13-12-28(25(32)17-4-10-21(35-3)11-5-17)20-14-22(29(15-20)23(30)16-34-2)24(31)27-19-8-6-18(26)7-9-19/h4-5,10-11,18-20,22H,6-9,12-16,26H2,1-3H3,(H,27,31). The van der Waals surface area contributed by atoms with Gasteiger partial charge in [0.15, 0.2) is 0 Å². The molecule has 10 nitrogen and oxygen atoms in total. The molecule has 35 heavy (non-hydrogen) atoms. The summed E-state index contributed by atoms with van der Waals surface area (Å²) in [5, 5.41) is 3.11. The van der Waals surface area contributed by atoms with Gasteiger partial charge in [-0.25, -0.2) is 0 Å². The highest BCUT2D eigenvalue weighted by Gasteiger charge is 2.43. The average molecular weight is 491 g/mol. The van der Waals surface area contributed by atoms with E-state index in [2.05, 4.69) is 5.32 Å². The molecule has 1 saturated heterocycles. The van der Waals surface area contributed by atoms with Gasteiger partial charge in [0.2, 0.25) is 11.8 Å². The van der Waals surface area contributed by atoms with Crippen molar-refractivity contribution >= 4 is 17.7 Å². The van der Waals surface area contributed by atoms with Gasteiger partial charge in [-0.1, -0.05) is 0 Å². The molecule has 2 unspecified atom stereocenters. The van der Waals surface area contributed by atoms with Crippen LogP contribution in [0.2, 0.25) is 0 Å². The fourth-order valence-corrected chi connectivity index (χ4v) is 4.87. The van der Waals surface area contributed by atoms with Crippen LogP contribution in [0.15, 0.2) is 24.3 Å². The molecule has 0 spiro atoms. The number of rotatable bonds is 10. The summed E-state index contributed by atoms with van der Waals surface area (Å²) in [6.45, 7) is 0.803. The van der Waals surface area contributed by atoms with Crippen LogP contribution in [0.4, 0.5) is 0 Å². The molecule has 1 saturated carbocycles. The third-order valence-corrected chi connectivity index (χ3v) is 6.86. The third kappa shape index (κ3) is 6.93. The molecule has 3 amide bonds. The number of ether oxygens (including phenoxy) is 3. The number of likely N-dealkylation sites (tertiary alicyclic amines) is 1. The summed E-state index contributed by atoms with van der Waals surface area (Å²) in [4.78, 5) is 42.8. The predicted molar refractivity (Wildman–Crippen MR) is 130 cm³/mol. The van der Waals surface area contributed by atoms with Gasteiger partial charge < -0.3 is 35.1 Å². The molecule has 3 N–H and O–H groups in total.